The van der Waals surface area contributed by atoms with Crippen molar-refractivity contribution in [2.45, 2.75) is 40.0 Å². The lowest BCUT2D eigenvalue weighted by Crippen LogP contribution is -2.32. The summed E-state index contributed by atoms with van der Waals surface area (Å²) in [6.07, 6.45) is 3.82. The molecule has 2 rings (SSSR count). The zero-order chi connectivity index (χ0) is 14.0. The van der Waals surface area contributed by atoms with Crippen molar-refractivity contribution < 1.29 is 10.2 Å². The molecule has 0 radical (unpaired) electrons. The van der Waals surface area contributed by atoms with Crippen LogP contribution in [0.2, 0.25) is 0 Å². The third-order valence-electron chi connectivity index (χ3n) is 5.19. The number of nitrogens with zero attached hydrogens (tertiary/aromatic N) is 1. The molecular weight excluding hydrogens is 238 g/mol. The van der Waals surface area contributed by atoms with E-state index in [1.165, 1.54) is 19.3 Å². The monoisotopic (exact) mass is 267 g/mol. The van der Waals surface area contributed by atoms with Crippen LogP contribution in [-0.4, -0.2) is 48.0 Å². The summed E-state index contributed by atoms with van der Waals surface area (Å²) in [5.41, 5.74) is 3.47. The second-order valence-electron chi connectivity index (χ2n) is 7.08. The normalized spacial score (nSPS) is 32.1. The Morgan fingerprint density at radius 2 is 1.74 bits per heavy atom. The van der Waals surface area contributed by atoms with Gasteiger partial charge in [-0.25, -0.2) is 0 Å². The van der Waals surface area contributed by atoms with Crippen molar-refractivity contribution in [3.05, 3.63) is 11.1 Å². The largest absolute Gasteiger partial charge is 0.396 e. The number of allylic oxidation sites excluding steroid dienone is 1. The summed E-state index contributed by atoms with van der Waals surface area (Å²) in [6, 6.07) is 0. The van der Waals surface area contributed by atoms with Crippen LogP contribution >= 0.6 is 0 Å². The summed E-state index contributed by atoms with van der Waals surface area (Å²) >= 11 is 0. The molecule has 1 aliphatic carbocycles. The van der Waals surface area contributed by atoms with Gasteiger partial charge < -0.3 is 10.2 Å². The molecule has 110 valence electrons. The van der Waals surface area contributed by atoms with Gasteiger partial charge in [0.2, 0.25) is 0 Å². The van der Waals surface area contributed by atoms with Crippen LogP contribution in [-0.2, 0) is 0 Å². The Bertz CT molecular complexity index is 337. The summed E-state index contributed by atoms with van der Waals surface area (Å²) in [7, 11) is 0. The molecule has 2 aliphatic rings. The molecule has 1 saturated heterocycles. The Kier molecular flexibility index (Phi) is 4.70. The van der Waals surface area contributed by atoms with Gasteiger partial charge in [-0.15, -0.1) is 0 Å². The van der Waals surface area contributed by atoms with Crippen LogP contribution in [0.3, 0.4) is 0 Å². The van der Waals surface area contributed by atoms with E-state index in [1.807, 2.05) is 0 Å². The van der Waals surface area contributed by atoms with Gasteiger partial charge in [-0.1, -0.05) is 25.0 Å². The van der Waals surface area contributed by atoms with Gasteiger partial charge in [-0.05, 0) is 31.6 Å². The second kappa shape index (κ2) is 5.94. The van der Waals surface area contributed by atoms with E-state index in [1.54, 1.807) is 11.1 Å². The molecule has 1 heterocycles. The van der Waals surface area contributed by atoms with Gasteiger partial charge >= 0.3 is 0 Å². The van der Waals surface area contributed by atoms with E-state index in [4.69, 9.17) is 0 Å². The molecule has 1 aliphatic heterocycles. The van der Waals surface area contributed by atoms with Crippen LogP contribution < -0.4 is 0 Å². The smallest absolute Gasteiger partial charge is 0.0475 e. The Balaban J connectivity index is 2.05. The molecule has 2 atom stereocenters. The lowest BCUT2D eigenvalue weighted by molar-refractivity contribution is 0.152. The van der Waals surface area contributed by atoms with E-state index in [-0.39, 0.29) is 25.0 Å². The summed E-state index contributed by atoms with van der Waals surface area (Å²) in [5.74, 6) is 0.496. The molecule has 0 aromatic rings. The van der Waals surface area contributed by atoms with Gasteiger partial charge in [-0.2, -0.15) is 0 Å². The maximum absolute atomic E-state index is 9.40. The summed E-state index contributed by atoms with van der Waals surface area (Å²) in [6.45, 7) is 10.3. The lowest BCUT2D eigenvalue weighted by atomic mass is 9.72. The molecule has 3 heteroatoms. The Morgan fingerprint density at radius 3 is 2.21 bits per heavy atom. The highest BCUT2D eigenvalue weighted by atomic mass is 16.3. The molecular formula is C16H29NO2. The minimum absolute atomic E-state index is 0.198. The highest BCUT2D eigenvalue weighted by Crippen LogP contribution is 2.41. The van der Waals surface area contributed by atoms with Crippen molar-refractivity contribution in [1.29, 1.82) is 0 Å². The first-order valence-electron chi connectivity index (χ1n) is 7.61. The number of likely N-dealkylation sites (tertiary alicyclic amines) is 1. The van der Waals surface area contributed by atoms with Crippen LogP contribution in [0, 0.1) is 17.3 Å². The zero-order valence-electron chi connectivity index (χ0n) is 12.7. The van der Waals surface area contributed by atoms with E-state index < -0.39 is 0 Å². The fourth-order valence-corrected chi connectivity index (χ4v) is 3.83. The molecule has 0 aromatic carbocycles. The SMILES string of the molecule is CC1=C(CN2C[C@@H](CO)[C@H](CO)C2)C(C)(C)CCC1. The van der Waals surface area contributed by atoms with Gasteiger partial charge in [0.25, 0.3) is 0 Å². The Morgan fingerprint density at radius 1 is 1.16 bits per heavy atom. The van der Waals surface area contributed by atoms with Crippen molar-refractivity contribution in [1.82, 2.24) is 4.90 Å². The summed E-state index contributed by atoms with van der Waals surface area (Å²) in [5, 5.41) is 18.8. The van der Waals surface area contributed by atoms with Crippen LogP contribution in [0.4, 0.5) is 0 Å². The van der Waals surface area contributed by atoms with Crippen molar-refractivity contribution >= 4 is 0 Å². The number of hydrogen-bond donors (Lipinski definition) is 2. The zero-order valence-corrected chi connectivity index (χ0v) is 12.7. The van der Waals surface area contributed by atoms with E-state index in [9.17, 15) is 10.2 Å². The van der Waals surface area contributed by atoms with Crippen molar-refractivity contribution in [3.8, 4) is 0 Å². The van der Waals surface area contributed by atoms with Crippen LogP contribution in [0.15, 0.2) is 11.1 Å². The van der Waals surface area contributed by atoms with Gasteiger partial charge in [-0.3, -0.25) is 4.90 Å². The maximum Gasteiger partial charge on any atom is 0.0475 e. The van der Waals surface area contributed by atoms with E-state index >= 15 is 0 Å². The Hall–Kier alpha value is -0.380. The molecule has 2 N–H and O–H groups in total. The quantitative estimate of drug-likeness (QED) is 0.766. The van der Waals surface area contributed by atoms with Crippen molar-refractivity contribution in [3.63, 3.8) is 0 Å². The summed E-state index contributed by atoms with van der Waals surface area (Å²) < 4.78 is 0. The number of aliphatic hydroxyl groups is 2. The maximum atomic E-state index is 9.40. The average Bonchev–Trinajstić information content (AvgIpc) is 2.76. The van der Waals surface area contributed by atoms with Crippen LogP contribution in [0.25, 0.3) is 0 Å². The van der Waals surface area contributed by atoms with E-state index in [2.05, 4.69) is 25.7 Å². The first-order chi connectivity index (χ1) is 8.97. The van der Waals surface area contributed by atoms with Gasteiger partial charge in [0.1, 0.15) is 0 Å². The van der Waals surface area contributed by atoms with Gasteiger partial charge in [0.05, 0.1) is 0 Å². The third kappa shape index (κ3) is 3.21. The molecule has 0 amide bonds. The molecule has 19 heavy (non-hydrogen) atoms. The molecule has 0 saturated carbocycles. The molecule has 0 bridgehead atoms. The average molecular weight is 267 g/mol. The standard InChI is InChI=1S/C16H29NO2/c1-12-5-4-6-16(2,3)15(12)9-17-7-13(10-18)14(8-17)11-19/h13-14,18-19H,4-11H2,1-3H3/t13-,14-/m0/s1. The number of hydrogen-bond acceptors (Lipinski definition) is 3. The van der Waals surface area contributed by atoms with Crippen LogP contribution in [0.5, 0.6) is 0 Å². The van der Waals surface area contributed by atoms with Gasteiger partial charge in [0.15, 0.2) is 0 Å². The van der Waals surface area contributed by atoms with E-state index in [0.717, 1.165) is 19.6 Å². The second-order valence-corrected chi connectivity index (χ2v) is 7.08. The molecule has 0 aromatic heterocycles. The van der Waals surface area contributed by atoms with Crippen molar-refractivity contribution in [2.75, 3.05) is 32.8 Å². The number of rotatable bonds is 4. The lowest BCUT2D eigenvalue weighted by Gasteiger charge is -2.36. The topological polar surface area (TPSA) is 43.7 Å². The minimum atomic E-state index is 0.198. The molecule has 1 fully saturated rings. The van der Waals surface area contributed by atoms with E-state index in [0.29, 0.717) is 5.41 Å². The number of aliphatic hydroxyl groups excluding tert-OH is 2. The van der Waals surface area contributed by atoms with Crippen LogP contribution in [0.1, 0.15) is 40.0 Å². The molecule has 3 nitrogen and oxygen atoms in total. The summed E-state index contributed by atoms with van der Waals surface area (Å²) in [4.78, 5) is 2.42. The molecule has 0 spiro atoms. The highest BCUT2D eigenvalue weighted by Gasteiger charge is 2.35. The highest BCUT2D eigenvalue weighted by molar-refractivity contribution is 5.24. The Labute approximate surface area is 117 Å². The first-order valence-corrected chi connectivity index (χ1v) is 7.61. The first kappa shape index (κ1) is 15.0. The third-order valence-corrected chi connectivity index (χ3v) is 5.19. The fourth-order valence-electron chi connectivity index (χ4n) is 3.83. The van der Waals surface area contributed by atoms with Gasteiger partial charge in [0, 0.05) is 44.7 Å². The predicted molar refractivity (Wildman–Crippen MR) is 77.9 cm³/mol. The molecule has 0 unspecified atom stereocenters. The predicted octanol–water partition coefficient (Wildman–Crippen LogP) is 2.05. The fraction of sp³-hybridized carbons (Fsp3) is 0.875. The minimum Gasteiger partial charge on any atom is -0.396 e. The van der Waals surface area contributed by atoms with Crippen molar-refractivity contribution in [2.24, 2.45) is 17.3 Å².